The molecule has 0 radical (unpaired) electrons. The molecule has 0 aliphatic heterocycles. The second-order valence-corrected chi connectivity index (χ2v) is 39.0. The van der Waals surface area contributed by atoms with Gasteiger partial charge in [-0.3, -0.25) is 0 Å². The Morgan fingerprint density at radius 2 is 0.366 bits per heavy atom. The van der Waals surface area contributed by atoms with E-state index in [4.69, 9.17) is 17.7 Å². The molecule has 24 aromatic carbocycles. The number of hydrogen-bond donors (Lipinski definition) is 0. The van der Waals surface area contributed by atoms with E-state index in [0.29, 0.717) is 0 Å². The molecule has 664 valence electrons. The van der Waals surface area contributed by atoms with Gasteiger partial charge in [-0.2, -0.15) is 0 Å². The van der Waals surface area contributed by atoms with Gasteiger partial charge in [0.1, 0.15) is 44.7 Å². The Balaban J connectivity index is 0.000000136. The quantitative estimate of drug-likeness (QED) is 0.0998. The van der Waals surface area contributed by atoms with Crippen LogP contribution in [0.3, 0.4) is 0 Å². The smallest absolute Gasteiger partial charge is 0.135 e. The molecule has 0 bridgehead atoms. The fraction of sp³-hybridized carbons (Fsp3) is 0. The van der Waals surface area contributed by atoms with Crippen LogP contribution in [0.1, 0.15) is 0 Å². The second-order valence-electron chi connectivity index (χ2n) is 36.9. The molecule has 30 aromatic rings. The number of thiophene rings is 2. The van der Waals surface area contributed by atoms with Crippen molar-refractivity contribution in [1.29, 1.82) is 0 Å². The molecule has 0 saturated heterocycles. The van der Waals surface area contributed by atoms with Gasteiger partial charge in [0.2, 0.25) is 0 Å². The molecule has 6 aromatic heterocycles. The highest BCUT2D eigenvalue weighted by molar-refractivity contribution is 7.27. The standard InChI is InChI=1S/C68H42N2O2S.C64H38N2O2S/c1-3-13-43(14-4-1)45-23-27-47(28-24-45)69(50-33-37-64-60(40-50)54-18-9-11-21-62(54)71-64)49-31-35-57-59(39-49)53-17-7-8-20-56(53)67-58-36-32-52(42-66(58)73-68(57)67)70(48-29-25-46(26-30-48)44-15-5-2-6-16-44)51-34-38-65-61(41-51)55-19-10-12-22-63(55)72-65;1-3-13-41-33-43(23-21-39(41)11-1)65(46-27-31-60-56(36-46)50-16-7-9-19-58(50)67-60)45-25-29-53-55(35-45)49-15-5-6-18-52(49)63-54-30-26-48(38-62(54)69-64(53)63)66(44-24-22-40-12-2-4-14-42(40)34-44)47-28-32-61-57(37-47)51-17-8-10-20-59(51)68-61/h1-42H;1-38H. The molecule has 0 fully saturated rings. The Morgan fingerprint density at radius 3 is 0.711 bits per heavy atom. The van der Waals surface area contributed by atoms with Gasteiger partial charge in [-0.15, -0.1) is 22.7 Å². The van der Waals surface area contributed by atoms with Crippen molar-refractivity contribution in [1.82, 2.24) is 0 Å². The molecular weight excluding hydrogens is 1770 g/mol. The Kier molecular flexibility index (Phi) is 18.6. The Labute approximate surface area is 822 Å². The number of hydrogen-bond acceptors (Lipinski definition) is 10. The first-order chi connectivity index (χ1) is 70.3. The summed E-state index contributed by atoms with van der Waals surface area (Å²) < 4.78 is 30.3. The highest BCUT2D eigenvalue weighted by Crippen LogP contribution is 2.54. The normalized spacial score (nSPS) is 11.9. The molecular formula is C132H80N4O4S2. The minimum atomic E-state index is 0.876. The zero-order valence-electron chi connectivity index (χ0n) is 76.4. The molecule has 0 atom stereocenters. The average molecular weight is 1850 g/mol. The van der Waals surface area contributed by atoms with Crippen LogP contribution in [-0.2, 0) is 0 Å². The fourth-order valence-corrected chi connectivity index (χ4v) is 24.7. The third-order valence-electron chi connectivity index (χ3n) is 28.8. The van der Waals surface area contributed by atoms with Crippen molar-refractivity contribution in [2.45, 2.75) is 0 Å². The van der Waals surface area contributed by atoms with Crippen molar-refractivity contribution in [2.24, 2.45) is 0 Å². The van der Waals surface area contributed by atoms with Gasteiger partial charge >= 0.3 is 0 Å². The van der Waals surface area contributed by atoms with Gasteiger partial charge in [0.25, 0.3) is 0 Å². The van der Waals surface area contributed by atoms with Crippen molar-refractivity contribution in [2.75, 3.05) is 19.6 Å². The molecule has 8 nitrogen and oxygen atoms in total. The van der Waals surface area contributed by atoms with Crippen LogP contribution in [0.4, 0.5) is 68.2 Å². The van der Waals surface area contributed by atoms with E-state index in [0.717, 1.165) is 156 Å². The first kappa shape index (κ1) is 80.9. The summed E-state index contributed by atoms with van der Waals surface area (Å²) >= 11 is 3.76. The Hall–Kier alpha value is -18.3. The minimum Gasteiger partial charge on any atom is -0.456 e. The summed E-state index contributed by atoms with van der Waals surface area (Å²) in [4.78, 5) is 9.56. The first-order valence-corrected chi connectivity index (χ1v) is 49.7. The van der Waals surface area contributed by atoms with Gasteiger partial charge in [0, 0.05) is 162 Å². The minimum absolute atomic E-state index is 0.876. The van der Waals surface area contributed by atoms with Crippen LogP contribution in [0, 0.1) is 0 Å². The number of fused-ring (bicyclic) bond motifs is 30. The summed E-state index contributed by atoms with van der Waals surface area (Å²) in [5.74, 6) is 0. The van der Waals surface area contributed by atoms with Crippen LogP contribution in [0.2, 0.25) is 0 Å². The zero-order valence-corrected chi connectivity index (χ0v) is 78.1. The zero-order chi connectivity index (χ0) is 93.1. The second kappa shape index (κ2) is 32.7. The fourth-order valence-electron chi connectivity index (χ4n) is 22.1. The van der Waals surface area contributed by atoms with Crippen molar-refractivity contribution >= 4 is 284 Å². The van der Waals surface area contributed by atoms with Crippen molar-refractivity contribution in [3.8, 4) is 22.3 Å². The molecule has 30 rings (SSSR count). The lowest BCUT2D eigenvalue weighted by Crippen LogP contribution is -2.10. The molecule has 0 saturated carbocycles. The highest BCUT2D eigenvalue weighted by Gasteiger charge is 2.27. The van der Waals surface area contributed by atoms with Crippen molar-refractivity contribution in [3.63, 3.8) is 0 Å². The molecule has 6 heterocycles. The molecule has 142 heavy (non-hydrogen) atoms. The molecule has 0 amide bonds. The summed E-state index contributed by atoms with van der Waals surface area (Å²) in [5, 5.41) is 28.6. The number of anilines is 12. The summed E-state index contributed by atoms with van der Waals surface area (Å²) in [6, 6.07) is 175. The van der Waals surface area contributed by atoms with Gasteiger partial charge < -0.3 is 37.3 Å². The molecule has 10 heteroatoms. The van der Waals surface area contributed by atoms with E-state index in [1.54, 1.807) is 0 Å². The van der Waals surface area contributed by atoms with Crippen LogP contribution < -0.4 is 19.6 Å². The van der Waals surface area contributed by atoms with Crippen LogP contribution >= 0.6 is 22.7 Å². The summed E-state index contributed by atoms with van der Waals surface area (Å²) in [7, 11) is 0. The van der Waals surface area contributed by atoms with E-state index in [1.807, 2.05) is 71.2 Å². The maximum atomic E-state index is 6.32. The van der Waals surface area contributed by atoms with E-state index in [2.05, 4.69) is 456 Å². The lowest BCUT2D eigenvalue weighted by molar-refractivity contribution is 0.668. The molecule has 0 aliphatic rings. The SMILES string of the molecule is c1ccc(-c2ccc(N(c3ccc4c(c3)sc3c5ccc(N(c6ccc(-c7ccccc7)cc6)c6ccc7oc8ccccc8c7c6)cc5c5ccccc5c43)c3ccc4oc5ccccc5c4c3)cc2)cc1.c1ccc2cc(N(c3ccc4c(c3)sc3c5ccc(N(c6ccc7ccccc7c6)c6ccc7oc8ccccc8c7c6)cc5c5ccccc5c43)c3ccc4oc5ccccc5c4c3)ccc2c1. The number of benzene rings is 24. The predicted molar refractivity (Wildman–Crippen MR) is 602 cm³/mol. The van der Waals surface area contributed by atoms with Crippen LogP contribution in [0.5, 0.6) is 0 Å². The monoisotopic (exact) mass is 1850 g/mol. The average Bonchev–Trinajstić information content (AvgIpc) is 1.55. The maximum absolute atomic E-state index is 6.32. The summed E-state index contributed by atoms with van der Waals surface area (Å²) in [6.07, 6.45) is 0. The van der Waals surface area contributed by atoms with E-state index in [-0.39, 0.29) is 0 Å². The van der Waals surface area contributed by atoms with E-state index < -0.39 is 0 Å². The molecule has 0 spiro atoms. The van der Waals surface area contributed by atoms with Gasteiger partial charge in [-0.25, -0.2) is 0 Å². The lowest BCUT2D eigenvalue weighted by Gasteiger charge is -2.26. The topological polar surface area (TPSA) is 65.5 Å². The highest BCUT2D eigenvalue weighted by atomic mass is 32.1. The van der Waals surface area contributed by atoms with Crippen molar-refractivity contribution in [3.05, 3.63) is 485 Å². The van der Waals surface area contributed by atoms with Crippen LogP contribution in [-0.4, -0.2) is 0 Å². The first-order valence-electron chi connectivity index (χ1n) is 48.1. The molecule has 0 N–H and O–H groups in total. The lowest BCUT2D eigenvalue weighted by atomic mass is 9.96. The van der Waals surface area contributed by atoms with Gasteiger partial charge in [0.05, 0.1) is 0 Å². The van der Waals surface area contributed by atoms with Gasteiger partial charge in [-0.1, -0.05) is 291 Å². The van der Waals surface area contributed by atoms with E-state index >= 15 is 0 Å². The Bertz CT molecular complexity index is 10400. The number of furan rings is 4. The number of para-hydroxylation sites is 4. The molecule has 0 unspecified atom stereocenters. The number of nitrogens with zero attached hydrogens (tertiary/aromatic N) is 4. The van der Waals surface area contributed by atoms with Crippen molar-refractivity contribution < 1.29 is 17.7 Å². The third-order valence-corrected chi connectivity index (χ3v) is 31.1. The Morgan fingerprint density at radius 1 is 0.134 bits per heavy atom. The third kappa shape index (κ3) is 13.4. The molecule has 0 aliphatic carbocycles. The summed E-state index contributed by atoms with van der Waals surface area (Å²) in [5.41, 5.74) is 24.8. The predicted octanol–water partition coefficient (Wildman–Crippen LogP) is 39.8. The maximum Gasteiger partial charge on any atom is 0.135 e. The van der Waals surface area contributed by atoms with Gasteiger partial charge in [-0.05, 0) is 270 Å². The van der Waals surface area contributed by atoms with Crippen LogP contribution in [0.25, 0.3) is 215 Å². The van der Waals surface area contributed by atoms with Gasteiger partial charge in [0.15, 0.2) is 0 Å². The van der Waals surface area contributed by atoms with E-state index in [1.165, 1.54) is 127 Å². The largest absolute Gasteiger partial charge is 0.456 e. The van der Waals surface area contributed by atoms with E-state index in [9.17, 15) is 0 Å². The summed E-state index contributed by atoms with van der Waals surface area (Å²) in [6.45, 7) is 0. The number of rotatable bonds is 14. The van der Waals surface area contributed by atoms with Crippen LogP contribution in [0.15, 0.2) is 503 Å².